The normalized spacial score (nSPS) is 22.5. The van der Waals surface area contributed by atoms with Crippen LogP contribution < -0.4 is 5.32 Å². The molecule has 1 saturated heterocycles. The van der Waals surface area contributed by atoms with Gasteiger partial charge in [-0.2, -0.15) is 0 Å². The van der Waals surface area contributed by atoms with Crippen molar-refractivity contribution in [1.82, 2.24) is 4.90 Å². The number of likely N-dealkylation sites (tertiary alicyclic amines) is 1. The average molecular weight is 311 g/mol. The van der Waals surface area contributed by atoms with Crippen molar-refractivity contribution in [3.63, 3.8) is 0 Å². The molecule has 1 heterocycles. The van der Waals surface area contributed by atoms with Crippen molar-refractivity contribution in [2.45, 2.75) is 38.8 Å². The van der Waals surface area contributed by atoms with E-state index < -0.39 is 5.54 Å². The number of rotatable bonds is 5. The van der Waals surface area contributed by atoms with E-state index in [9.17, 15) is 4.79 Å². The number of ether oxygens (including phenoxy) is 1. The highest BCUT2D eigenvalue weighted by molar-refractivity contribution is 6.30. The lowest BCUT2D eigenvalue weighted by Crippen LogP contribution is -2.50. The fraction of sp³-hybridized carbons (Fsp3) is 0.562. The van der Waals surface area contributed by atoms with E-state index in [1.165, 1.54) is 0 Å². The van der Waals surface area contributed by atoms with E-state index in [1.807, 2.05) is 31.2 Å². The van der Waals surface area contributed by atoms with Crippen LogP contribution in [0.4, 0.5) is 5.69 Å². The molecule has 0 saturated carbocycles. The van der Waals surface area contributed by atoms with Gasteiger partial charge in [0, 0.05) is 29.8 Å². The summed E-state index contributed by atoms with van der Waals surface area (Å²) in [7, 11) is 0. The Balaban J connectivity index is 2.20. The van der Waals surface area contributed by atoms with Crippen molar-refractivity contribution in [2.24, 2.45) is 0 Å². The molecule has 0 aromatic heterocycles. The molecule has 1 aromatic carbocycles. The first-order valence-corrected chi connectivity index (χ1v) is 7.79. The van der Waals surface area contributed by atoms with Crippen molar-refractivity contribution in [3.05, 3.63) is 29.3 Å². The molecule has 5 heteroatoms. The zero-order valence-electron chi connectivity index (χ0n) is 12.9. The summed E-state index contributed by atoms with van der Waals surface area (Å²) in [5.74, 6) is -0.178. The van der Waals surface area contributed by atoms with Gasteiger partial charge >= 0.3 is 5.97 Å². The molecule has 4 nitrogen and oxygen atoms in total. The lowest BCUT2D eigenvalue weighted by Gasteiger charge is -2.30. The smallest absolute Gasteiger partial charge is 0.333 e. The fourth-order valence-electron chi connectivity index (χ4n) is 2.68. The molecule has 21 heavy (non-hydrogen) atoms. The second-order valence-electron chi connectivity index (χ2n) is 5.75. The Labute approximate surface area is 131 Å². The fourth-order valence-corrected chi connectivity index (χ4v) is 2.80. The highest BCUT2D eigenvalue weighted by Crippen LogP contribution is 2.29. The minimum atomic E-state index is -0.673. The van der Waals surface area contributed by atoms with Gasteiger partial charge in [0.15, 0.2) is 0 Å². The second-order valence-corrected chi connectivity index (χ2v) is 6.19. The van der Waals surface area contributed by atoms with Gasteiger partial charge in [-0.25, -0.2) is 4.79 Å². The molecule has 0 amide bonds. The van der Waals surface area contributed by atoms with E-state index in [-0.39, 0.29) is 5.97 Å². The number of carbonyl (C=O) groups is 1. The molecular weight excluding hydrogens is 288 g/mol. The van der Waals surface area contributed by atoms with Crippen LogP contribution in [0.1, 0.15) is 27.2 Å². The topological polar surface area (TPSA) is 41.6 Å². The van der Waals surface area contributed by atoms with Crippen LogP contribution in [-0.2, 0) is 9.53 Å². The van der Waals surface area contributed by atoms with E-state index in [4.69, 9.17) is 16.3 Å². The maximum atomic E-state index is 12.5. The molecule has 1 atom stereocenters. The summed E-state index contributed by atoms with van der Waals surface area (Å²) < 4.78 is 5.30. The number of nitrogens with one attached hydrogen (secondary N) is 1. The molecule has 1 aromatic rings. The van der Waals surface area contributed by atoms with Crippen LogP contribution in [0.25, 0.3) is 0 Å². The summed E-state index contributed by atoms with van der Waals surface area (Å²) in [6.45, 7) is 8.06. The van der Waals surface area contributed by atoms with Gasteiger partial charge in [-0.05, 0) is 51.5 Å². The Morgan fingerprint density at radius 2 is 2.10 bits per heavy atom. The van der Waals surface area contributed by atoms with Gasteiger partial charge in [0.05, 0.1) is 6.61 Å². The van der Waals surface area contributed by atoms with Gasteiger partial charge in [-0.15, -0.1) is 0 Å². The van der Waals surface area contributed by atoms with Crippen LogP contribution in [0.5, 0.6) is 0 Å². The Kier molecular flexibility index (Phi) is 5.12. The number of carbonyl (C=O) groups excluding carboxylic acids is 1. The molecule has 2 rings (SSSR count). The van der Waals surface area contributed by atoms with Crippen molar-refractivity contribution in [2.75, 3.05) is 25.0 Å². The third-order valence-corrected chi connectivity index (χ3v) is 4.18. The second kappa shape index (κ2) is 6.67. The molecule has 1 unspecified atom stereocenters. The molecule has 1 aliphatic heterocycles. The lowest BCUT2D eigenvalue weighted by atomic mass is 9.98. The Morgan fingerprint density at radius 1 is 1.43 bits per heavy atom. The van der Waals surface area contributed by atoms with E-state index in [2.05, 4.69) is 24.1 Å². The highest BCUT2D eigenvalue weighted by atomic mass is 35.5. The Bertz CT molecular complexity index is 490. The van der Waals surface area contributed by atoms with Crippen LogP contribution in [0.2, 0.25) is 5.02 Å². The number of benzene rings is 1. The number of nitrogens with zero attached hydrogens (tertiary/aromatic N) is 1. The molecule has 0 aliphatic carbocycles. The van der Waals surface area contributed by atoms with Crippen LogP contribution in [0, 0.1) is 0 Å². The van der Waals surface area contributed by atoms with Gasteiger partial charge < -0.3 is 10.1 Å². The van der Waals surface area contributed by atoms with Crippen LogP contribution in [-0.4, -0.2) is 42.1 Å². The summed E-state index contributed by atoms with van der Waals surface area (Å²) >= 11 is 5.91. The van der Waals surface area contributed by atoms with Crippen LogP contribution in [0.15, 0.2) is 24.3 Å². The van der Waals surface area contributed by atoms with Crippen LogP contribution >= 0.6 is 11.6 Å². The van der Waals surface area contributed by atoms with E-state index in [0.717, 1.165) is 18.7 Å². The number of anilines is 1. The molecule has 0 radical (unpaired) electrons. The maximum absolute atomic E-state index is 12.5. The van der Waals surface area contributed by atoms with Crippen molar-refractivity contribution in [3.8, 4) is 0 Å². The van der Waals surface area contributed by atoms with E-state index in [0.29, 0.717) is 24.2 Å². The maximum Gasteiger partial charge on any atom is 0.333 e. The first-order valence-electron chi connectivity index (χ1n) is 7.42. The molecule has 116 valence electrons. The molecule has 1 fully saturated rings. The molecule has 0 bridgehead atoms. The minimum absolute atomic E-state index is 0.178. The Morgan fingerprint density at radius 3 is 2.62 bits per heavy atom. The SMILES string of the molecule is CCOC(=O)C1(Nc2ccc(Cl)cc2)CCN(C(C)C)C1. The quantitative estimate of drug-likeness (QED) is 0.848. The molecule has 1 aliphatic rings. The van der Waals surface area contributed by atoms with Gasteiger partial charge in [0.25, 0.3) is 0 Å². The number of hydrogen-bond donors (Lipinski definition) is 1. The highest BCUT2D eigenvalue weighted by Gasteiger charge is 2.46. The standard InChI is InChI=1S/C16H23ClN2O2/c1-4-21-15(20)16(9-10-19(11-16)12(2)3)18-14-7-5-13(17)6-8-14/h5-8,12,18H,4,9-11H2,1-3H3. The number of esters is 1. The zero-order chi connectivity index (χ0) is 15.5. The summed E-state index contributed by atoms with van der Waals surface area (Å²) in [5, 5.41) is 4.06. The van der Waals surface area contributed by atoms with Gasteiger partial charge in [-0.1, -0.05) is 11.6 Å². The van der Waals surface area contributed by atoms with Gasteiger partial charge in [0.2, 0.25) is 0 Å². The zero-order valence-corrected chi connectivity index (χ0v) is 13.6. The summed E-state index contributed by atoms with van der Waals surface area (Å²) in [5.41, 5.74) is 0.215. The predicted octanol–water partition coefficient (Wildman–Crippen LogP) is 3.17. The monoisotopic (exact) mass is 310 g/mol. The average Bonchev–Trinajstić information content (AvgIpc) is 2.87. The van der Waals surface area contributed by atoms with Crippen LogP contribution in [0.3, 0.4) is 0 Å². The first kappa shape index (κ1) is 16.1. The third-order valence-electron chi connectivity index (χ3n) is 3.92. The largest absolute Gasteiger partial charge is 0.464 e. The van der Waals surface area contributed by atoms with Crippen molar-refractivity contribution in [1.29, 1.82) is 0 Å². The molecular formula is C16H23ClN2O2. The Hall–Kier alpha value is -1.26. The third kappa shape index (κ3) is 3.69. The summed E-state index contributed by atoms with van der Waals surface area (Å²) in [6.07, 6.45) is 0.743. The van der Waals surface area contributed by atoms with E-state index >= 15 is 0 Å². The lowest BCUT2D eigenvalue weighted by molar-refractivity contribution is -0.148. The van der Waals surface area contributed by atoms with Gasteiger partial charge in [-0.3, -0.25) is 4.90 Å². The minimum Gasteiger partial charge on any atom is -0.464 e. The number of hydrogen-bond acceptors (Lipinski definition) is 4. The summed E-state index contributed by atoms with van der Waals surface area (Å²) in [6, 6.07) is 7.83. The summed E-state index contributed by atoms with van der Waals surface area (Å²) in [4.78, 5) is 14.8. The number of halogens is 1. The van der Waals surface area contributed by atoms with Crippen molar-refractivity contribution < 1.29 is 9.53 Å². The molecule has 1 N–H and O–H groups in total. The predicted molar refractivity (Wildman–Crippen MR) is 85.8 cm³/mol. The van der Waals surface area contributed by atoms with Crippen molar-refractivity contribution >= 4 is 23.3 Å². The van der Waals surface area contributed by atoms with E-state index in [1.54, 1.807) is 0 Å². The molecule has 0 spiro atoms. The van der Waals surface area contributed by atoms with Gasteiger partial charge in [0.1, 0.15) is 5.54 Å². The first-order chi connectivity index (χ1) is 9.97.